The minimum absolute atomic E-state index is 0.00137. The summed E-state index contributed by atoms with van der Waals surface area (Å²) in [7, 11) is 0. The molecule has 0 heterocycles. The van der Waals surface area contributed by atoms with Gasteiger partial charge >= 0.3 is 0 Å². The van der Waals surface area contributed by atoms with E-state index in [2.05, 4.69) is 28.1 Å². The van der Waals surface area contributed by atoms with Crippen molar-refractivity contribution in [3.05, 3.63) is 34.3 Å². The average Bonchev–Trinajstić information content (AvgIpc) is 2.82. The minimum Gasteiger partial charge on any atom is -0.396 e. The first-order chi connectivity index (χ1) is 8.23. The molecule has 0 radical (unpaired) electrons. The molecule has 1 aliphatic carbocycles. The molecule has 1 atom stereocenters. The van der Waals surface area contributed by atoms with E-state index >= 15 is 0 Å². The zero-order valence-electron chi connectivity index (χ0n) is 10.0. The summed E-state index contributed by atoms with van der Waals surface area (Å²) < 4.78 is 1.11. The van der Waals surface area contributed by atoms with Gasteiger partial charge in [0.1, 0.15) is 0 Å². The average molecular weight is 298 g/mol. The molecule has 94 valence electrons. The van der Waals surface area contributed by atoms with Gasteiger partial charge < -0.3 is 10.8 Å². The topological polar surface area (TPSA) is 46.2 Å². The van der Waals surface area contributed by atoms with Crippen molar-refractivity contribution < 1.29 is 5.11 Å². The van der Waals surface area contributed by atoms with Crippen LogP contribution in [0.2, 0.25) is 0 Å². The molecule has 1 aromatic rings. The molecule has 0 amide bonds. The van der Waals surface area contributed by atoms with E-state index in [9.17, 15) is 5.11 Å². The molecule has 1 aliphatic rings. The van der Waals surface area contributed by atoms with Gasteiger partial charge in [-0.05, 0) is 31.0 Å². The molecule has 0 aliphatic heterocycles. The molecule has 1 saturated carbocycles. The summed E-state index contributed by atoms with van der Waals surface area (Å²) in [6.45, 7) is 0.847. The fourth-order valence-corrected chi connectivity index (χ4v) is 3.72. The second-order valence-corrected chi connectivity index (χ2v) is 5.89. The number of hydrogen-bond acceptors (Lipinski definition) is 2. The van der Waals surface area contributed by atoms with Gasteiger partial charge in [0.05, 0.1) is 0 Å². The van der Waals surface area contributed by atoms with Gasteiger partial charge in [0.2, 0.25) is 0 Å². The van der Waals surface area contributed by atoms with Crippen molar-refractivity contribution in [2.24, 2.45) is 11.1 Å². The van der Waals surface area contributed by atoms with E-state index in [0.717, 1.165) is 17.3 Å². The number of benzene rings is 1. The summed E-state index contributed by atoms with van der Waals surface area (Å²) >= 11 is 3.60. The van der Waals surface area contributed by atoms with Crippen LogP contribution >= 0.6 is 15.9 Å². The predicted octanol–water partition coefficient (Wildman–Crippen LogP) is 3.04. The van der Waals surface area contributed by atoms with Gasteiger partial charge in [0, 0.05) is 22.4 Å². The Morgan fingerprint density at radius 2 is 1.94 bits per heavy atom. The molecule has 3 heteroatoms. The number of nitrogens with two attached hydrogens (primary N) is 1. The number of rotatable bonds is 4. The largest absolute Gasteiger partial charge is 0.396 e. The Morgan fingerprint density at radius 1 is 1.29 bits per heavy atom. The van der Waals surface area contributed by atoms with Gasteiger partial charge in [-0.25, -0.2) is 0 Å². The highest BCUT2D eigenvalue weighted by molar-refractivity contribution is 9.10. The Morgan fingerprint density at radius 3 is 2.47 bits per heavy atom. The number of halogens is 1. The third-order valence-electron chi connectivity index (χ3n) is 4.17. The minimum atomic E-state index is -0.00137. The summed E-state index contributed by atoms with van der Waals surface area (Å²) in [5.41, 5.74) is 7.22. The van der Waals surface area contributed by atoms with E-state index in [-0.39, 0.29) is 17.9 Å². The van der Waals surface area contributed by atoms with Crippen LogP contribution in [-0.2, 0) is 0 Å². The van der Waals surface area contributed by atoms with Crippen molar-refractivity contribution in [1.29, 1.82) is 0 Å². The molecule has 0 bridgehead atoms. The van der Waals surface area contributed by atoms with Crippen molar-refractivity contribution in [1.82, 2.24) is 0 Å². The second kappa shape index (κ2) is 5.51. The molecule has 1 fully saturated rings. The van der Waals surface area contributed by atoms with Crippen molar-refractivity contribution in [2.75, 3.05) is 13.2 Å². The molecule has 3 N–H and O–H groups in total. The highest BCUT2D eigenvalue weighted by atomic mass is 79.9. The third-order valence-corrected chi connectivity index (χ3v) is 4.89. The van der Waals surface area contributed by atoms with Crippen LogP contribution in [0.4, 0.5) is 0 Å². The van der Waals surface area contributed by atoms with Crippen LogP contribution in [0, 0.1) is 5.41 Å². The summed E-state index contributed by atoms with van der Waals surface area (Å²) in [4.78, 5) is 0. The Kier molecular flexibility index (Phi) is 4.23. The third kappa shape index (κ3) is 2.42. The van der Waals surface area contributed by atoms with Gasteiger partial charge in [0.15, 0.2) is 0 Å². The van der Waals surface area contributed by atoms with Gasteiger partial charge in [-0.2, -0.15) is 0 Å². The number of hydrogen-bond donors (Lipinski definition) is 2. The summed E-state index contributed by atoms with van der Waals surface area (Å²) in [6, 6.07) is 8.24. The molecular formula is C14H20BrNO. The smallest absolute Gasteiger partial charge is 0.0493 e. The summed E-state index contributed by atoms with van der Waals surface area (Å²) in [6.07, 6.45) is 4.60. The molecule has 0 saturated heterocycles. The highest BCUT2D eigenvalue weighted by Gasteiger charge is 2.41. The SMILES string of the molecule is NCC(c1ccccc1Br)C1(CO)CCCC1. The van der Waals surface area contributed by atoms with E-state index in [1.165, 1.54) is 18.4 Å². The Balaban J connectivity index is 2.36. The molecular weight excluding hydrogens is 278 g/mol. The highest BCUT2D eigenvalue weighted by Crippen LogP contribution is 2.49. The van der Waals surface area contributed by atoms with Crippen molar-refractivity contribution in [2.45, 2.75) is 31.6 Å². The van der Waals surface area contributed by atoms with Crippen LogP contribution in [0.5, 0.6) is 0 Å². The van der Waals surface area contributed by atoms with Gasteiger partial charge in [-0.3, -0.25) is 0 Å². The Labute approximate surface area is 111 Å². The van der Waals surface area contributed by atoms with Crippen LogP contribution in [0.25, 0.3) is 0 Å². The maximum atomic E-state index is 9.80. The molecule has 2 rings (SSSR count). The van der Waals surface area contributed by atoms with Crippen LogP contribution < -0.4 is 5.73 Å². The normalized spacial score (nSPS) is 20.4. The predicted molar refractivity (Wildman–Crippen MR) is 73.9 cm³/mol. The van der Waals surface area contributed by atoms with Gasteiger partial charge in [-0.15, -0.1) is 0 Å². The lowest BCUT2D eigenvalue weighted by Crippen LogP contribution is -2.34. The summed E-state index contributed by atoms with van der Waals surface area (Å²) in [5, 5.41) is 9.80. The first-order valence-electron chi connectivity index (χ1n) is 6.29. The monoisotopic (exact) mass is 297 g/mol. The molecule has 0 aromatic heterocycles. The second-order valence-electron chi connectivity index (χ2n) is 5.04. The van der Waals surface area contributed by atoms with E-state index in [1.54, 1.807) is 0 Å². The van der Waals surface area contributed by atoms with Crippen molar-refractivity contribution in [3.63, 3.8) is 0 Å². The zero-order chi connectivity index (χ0) is 12.3. The zero-order valence-corrected chi connectivity index (χ0v) is 11.6. The van der Waals surface area contributed by atoms with Crippen LogP contribution in [0.15, 0.2) is 28.7 Å². The van der Waals surface area contributed by atoms with Crippen molar-refractivity contribution in [3.8, 4) is 0 Å². The molecule has 1 unspecified atom stereocenters. The lowest BCUT2D eigenvalue weighted by Gasteiger charge is -2.36. The standard InChI is InChI=1S/C14H20BrNO/c15-13-6-2-1-5-11(13)12(9-16)14(10-17)7-3-4-8-14/h1-2,5-6,12,17H,3-4,7-10,16H2. The number of aliphatic hydroxyl groups excluding tert-OH is 1. The fourth-order valence-electron chi connectivity index (χ4n) is 3.16. The maximum Gasteiger partial charge on any atom is 0.0493 e. The number of aliphatic hydroxyl groups is 1. The molecule has 17 heavy (non-hydrogen) atoms. The Bertz CT molecular complexity index is 374. The van der Waals surface area contributed by atoms with Crippen molar-refractivity contribution >= 4 is 15.9 Å². The first-order valence-corrected chi connectivity index (χ1v) is 7.08. The van der Waals surface area contributed by atoms with Gasteiger partial charge in [0.25, 0.3) is 0 Å². The maximum absolute atomic E-state index is 9.80. The van der Waals surface area contributed by atoms with Gasteiger partial charge in [-0.1, -0.05) is 47.0 Å². The first kappa shape index (κ1) is 13.1. The summed E-state index contributed by atoms with van der Waals surface area (Å²) in [5.74, 6) is 0.255. The lowest BCUT2D eigenvalue weighted by molar-refractivity contribution is 0.102. The van der Waals surface area contributed by atoms with Crippen LogP contribution in [-0.4, -0.2) is 18.3 Å². The molecule has 2 nitrogen and oxygen atoms in total. The van der Waals surface area contributed by atoms with Crippen LogP contribution in [0.3, 0.4) is 0 Å². The fraction of sp³-hybridized carbons (Fsp3) is 0.571. The van der Waals surface area contributed by atoms with E-state index in [4.69, 9.17) is 5.73 Å². The quantitative estimate of drug-likeness (QED) is 0.897. The molecule has 0 spiro atoms. The van der Waals surface area contributed by atoms with Crippen LogP contribution in [0.1, 0.15) is 37.2 Å². The lowest BCUT2D eigenvalue weighted by atomic mass is 9.71. The van der Waals surface area contributed by atoms with E-state index < -0.39 is 0 Å². The van der Waals surface area contributed by atoms with E-state index in [0.29, 0.717) is 6.54 Å². The Hall–Kier alpha value is -0.380. The van der Waals surface area contributed by atoms with E-state index in [1.807, 2.05) is 12.1 Å². The molecule has 1 aromatic carbocycles.